The molecule has 0 saturated carbocycles. The highest BCUT2D eigenvalue weighted by atomic mass is 16.5. The number of likely N-dealkylation sites (tertiary alicyclic amines) is 1. The van der Waals surface area contributed by atoms with Crippen LogP contribution in [0.4, 0.5) is 0 Å². The van der Waals surface area contributed by atoms with Crippen LogP contribution in [0.5, 0.6) is 0 Å². The molecule has 1 unspecified atom stereocenters. The lowest BCUT2D eigenvalue weighted by Crippen LogP contribution is -2.23. The largest absolute Gasteiger partial charge is 0.384 e. The van der Waals surface area contributed by atoms with Gasteiger partial charge in [0, 0.05) is 39.7 Å². The summed E-state index contributed by atoms with van der Waals surface area (Å²) in [5.74, 6) is 1.81. The predicted octanol–water partition coefficient (Wildman–Crippen LogP) is 0.998. The second kappa shape index (κ2) is 6.87. The Balaban J connectivity index is 1.84. The molecule has 1 aliphatic heterocycles. The highest BCUT2D eigenvalue weighted by molar-refractivity contribution is 4.93. The SMILES string of the molecule is COCCn1ccnc1CN1CCC(COC)C1. The van der Waals surface area contributed by atoms with E-state index in [4.69, 9.17) is 9.47 Å². The van der Waals surface area contributed by atoms with Crippen LogP contribution >= 0.6 is 0 Å². The molecule has 0 bridgehead atoms. The fourth-order valence-corrected chi connectivity index (χ4v) is 2.51. The summed E-state index contributed by atoms with van der Waals surface area (Å²) in [5, 5.41) is 0. The van der Waals surface area contributed by atoms with Gasteiger partial charge in [-0.15, -0.1) is 0 Å². The number of ether oxygens (including phenoxy) is 2. The summed E-state index contributed by atoms with van der Waals surface area (Å²) in [6, 6.07) is 0. The summed E-state index contributed by atoms with van der Waals surface area (Å²) in [5.41, 5.74) is 0. The number of rotatable bonds is 7. The summed E-state index contributed by atoms with van der Waals surface area (Å²) < 4.78 is 12.5. The van der Waals surface area contributed by atoms with E-state index >= 15 is 0 Å². The fraction of sp³-hybridized carbons (Fsp3) is 0.769. The smallest absolute Gasteiger partial charge is 0.122 e. The van der Waals surface area contributed by atoms with Gasteiger partial charge in [-0.1, -0.05) is 0 Å². The second-order valence-corrected chi connectivity index (χ2v) is 4.87. The standard InChI is InChI=1S/C13H23N3O2/c1-17-8-7-16-6-4-14-13(16)10-15-5-3-12(9-15)11-18-2/h4,6,12H,3,5,7-11H2,1-2H3. The van der Waals surface area contributed by atoms with Crippen molar-refractivity contribution in [1.82, 2.24) is 14.5 Å². The molecule has 0 radical (unpaired) electrons. The van der Waals surface area contributed by atoms with Crippen molar-refractivity contribution in [1.29, 1.82) is 0 Å². The first-order valence-electron chi connectivity index (χ1n) is 6.53. The maximum atomic E-state index is 5.22. The molecule has 102 valence electrons. The molecule has 1 aromatic rings. The lowest BCUT2D eigenvalue weighted by molar-refractivity contribution is 0.152. The molecule has 1 fully saturated rings. The van der Waals surface area contributed by atoms with E-state index in [1.54, 1.807) is 14.2 Å². The van der Waals surface area contributed by atoms with Crippen LogP contribution in [0.15, 0.2) is 12.4 Å². The zero-order chi connectivity index (χ0) is 12.8. The molecule has 0 spiro atoms. The molecule has 1 aliphatic rings. The first-order valence-corrected chi connectivity index (χ1v) is 6.53. The first kappa shape index (κ1) is 13.5. The Kier molecular flexibility index (Phi) is 5.16. The summed E-state index contributed by atoms with van der Waals surface area (Å²) in [6.07, 6.45) is 5.12. The Labute approximate surface area is 109 Å². The maximum absolute atomic E-state index is 5.22. The highest BCUT2D eigenvalue weighted by Gasteiger charge is 2.23. The lowest BCUT2D eigenvalue weighted by Gasteiger charge is -2.16. The minimum Gasteiger partial charge on any atom is -0.384 e. The summed E-state index contributed by atoms with van der Waals surface area (Å²) in [6.45, 7) is 5.67. The predicted molar refractivity (Wildman–Crippen MR) is 69.4 cm³/mol. The van der Waals surface area contributed by atoms with Gasteiger partial charge >= 0.3 is 0 Å². The van der Waals surface area contributed by atoms with Crippen molar-refractivity contribution < 1.29 is 9.47 Å². The topological polar surface area (TPSA) is 39.5 Å². The third-order valence-corrected chi connectivity index (χ3v) is 3.48. The Morgan fingerprint density at radius 3 is 3.06 bits per heavy atom. The number of hydrogen-bond acceptors (Lipinski definition) is 4. The van der Waals surface area contributed by atoms with Crippen molar-refractivity contribution in [2.45, 2.75) is 19.5 Å². The van der Waals surface area contributed by atoms with E-state index < -0.39 is 0 Å². The van der Waals surface area contributed by atoms with Gasteiger partial charge in [0.25, 0.3) is 0 Å². The van der Waals surface area contributed by atoms with Crippen molar-refractivity contribution in [2.75, 3.05) is 40.5 Å². The molecule has 2 rings (SSSR count). The molecular weight excluding hydrogens is 230 g/mol. The Bertz CT molecular complexity index is 354. The Hall–Kier alpha value is -0.910. The maximum Gasteiger partial charge on any atom is 0.122 e. The summed E-state index contributed by atoms with van der Waals surface area (Å²) in [4.78, 5) is 6.89. The average molecular weight is 253 g/mol. The van der Waals surface area contributed by atoms with E-state index in [0.29, 0.717) is 5.92 Å². The quantitative estimate of drug-likeness (QED) is 0.727. The van der Waals surface area contributed by atoms with Gasteiger partial charge in [0.2, 0.25) is 0 Å². The molecule has 0 aliphatic carbocycles. The normalized spacial score (nSPS) is 20.7. The molecule has 0 N–H and O–H groups in total. The fourth-order valence-electron chi connectivity index (χ4n) is 2.51. The molecule has 0 aromatic carbocycles. The van der Waals surface area contributed by atoms with E-state index in [1.807, 2.05) is 12.4 Å². The van der Waals surface area contributed by atoms with Crippen LogP contribution < -0.4 is 0 Å². The van der Waals surface area contributed by atoms with Gasteiger partial charge in [-0.3, -0.25) is 4.90 Å². The average Bonchev–Trinajstić information content (AvgIpc) is 2.98. The van der Waals surface area contributed by atoms with Gasteiger partial charge in [-0.2, -0.15) is 0 Å². The number of hydrogen-bond donors (Lipinski definition) is 0. The summed E-state index contributed by atoms with van der Waals surface area (Å²) in [7, 11) is 3.51. The van der Waals surface area contributed by atoms with Gasteiger partial charge in [0.1, 0.15) is 5.82 Å². The van der Waals surface area contributed by atoms with Crippen molar-refractivity contribution >= 4 is 0 Å². The van der Waals surface area contributed by atoms with Crippen LogP contribution in [0.25, 0.3) is 0 Å². The van der Waals surface area contributed by atoms with Crippen molar-refractivity contribution in [3.8, 4) is 0 Å². The van der Waals surface area contributed by atoms with Crippen molar-refractivity contribution in [3.05, 3.63) is 18.2 Å². The van der Waals surface area contributed by atoms with Gasteiger partial charge in [-0.25, -0.2) is 4.98 Å². The number of methoxy groups -OCH3 is 2. The van der Waals surface area contributed by atoms with Crippen molar-refractivity contribution in [2.24, 2.45) is 5.92 Å². The molecule has 5 nitrogen and oxygen atoms in total. The molecule has 5 heteroatoms. The van der Waals surface area contributed by atoms with Gasteiger partial charge in [0.05, 0.1) is 19.8 Å². The van der Waals surface area contributed by atoms with E-state index in [1.165, 1.54) is 6.42 Å². The van der Waals surface area contributed by atoms with Gasteiger partial charge in [0.15, 0.2) is 0 Å². The molecular formula is C13H23N3O2. The van der Waals surface area contributed by atoms with Crippen molar-refractivity contribution in [3.63, 3.8) is 0 Å². The van der Waals surface area contributed by atoms with Crippen LogP contribution in [0.1, 0.15) is 12.2 Å². The molecule has 18 heavy (non-hydrogen) atoms. The minimum atomic E-state index is 0.678. The monoisotopic (exact) mass is 253 g/mol. The highest BCUT2D eigenvalue weighted by Crippen LogP contribution is 2.18. The summed E-state index contributed by atoms with van der Waals surface area (Å²) >= 11 is 0. The zero-order valence-corrected chi connectivity index (χ0v) is 11.3. The van der Waals surface area contributed by atoms with Gasteiger partial charge < -0.3 is 14.0 Å². The van der Waals surface area contributed by atoms with E-state index in [9.17, 15) is 0 Å². The van der Waals surface area contributed by atoms with Crippen LogP contribution in [-0.2, 0) is 22.6 Å². The molecule has 1 aromatic heterocycles. The third-order valence-electron chi connectivity index (χ3n) is 3.48. The molecule has 2 heterocycles. The second-order valence-electron chi connectivity index (χ2n) is 4.87. The van der Waals surface area contributed by atoms with E-state index in [2.05, 4.69) is 14.5 Å². The molecule has 1 atom stereocenters. The Morgan fingerprint density at radius 1 is 1.39 bits per heavy atom. The third kappa shape index (κ3) is 3.54. The first-order chi connectivity index (χ1) is 8.83. The number of imidazole rings is 1. The Morgan fingerprint density at radius 2 is 2.28 bits per heavy atom. The van der Waals surface area contributed by atoms with E-state index in [0.717, 1.165) is 45.2 Å². The van der Waals surface area contributed by atoms with Crippen LogP contribution in [0.3, 0.4) is 0 Å². The van der Waals surface area contributed by atoms with Crippen LogP contribution in [0.2, 0.25) is 0 Å². The zero-order valence-electron chi connectivity index (χ0n) is 11.3. The van der Waals surface area contributed by atoms with Gasteiger partial charge in [-0.05, 0) is 18.9 Å². The minimum absolute atomic E-state index is 0.678. The number of aromatic nitrogens is 2. The lowest BCUT2D eigenvalue weighted by atomic mass is 10.1. The molecule has 0 amide bonds. The van der Waals surface area contributed by atoms with Crippen LogP contribution in [-0.4, -0.2) is 55.0 Å². The van der Waals surface area contributed by atoms with Crippen LogP contribution in [0, 0.1) is 5.92 Å². The molecule has 1 saturated heterocycles. The van der Waals surface area contributed by atoms with E-state index in [-0.39, 0.29) is 0 Å². The number of nitrogens with zero attached hydrogens (tertiary/aromatic N) is 3.